The molecule has 1 saturated heterocycles. The molecule has 0 bridgehead atoms. The number of halogens is 1. The van der Waals surface area contributed by atoms with Crippen LogP contribution in [0.3, 0.4) is 0 Å². The minimum Gasteiger partial charge on any atom is -0.492 e. The molecule has 1 aromatic carbocycles. The lowest BCUT2D eigenvalue weighted by Crippen LogP contribution is -2.47. The van der Waals surface area contributed by atoms with E-state index in [1.165, 1.54) is 12.1 Å². The lowest BCUT2D eigenvalue weighted by atomic mass is 9.80. The number of likely N-dealkylation sites (N-methyl/N-ethyl adjacent to an activating group) is 1. The van der Waals surface area contributed by atoms with Crippen molar-refractivity contribution in [3.8, 4) is 5.75 Å². The first-order chi connectivity index (χ1) is 10.0. The fraction of sp³-hybridized carbons (Fsp3) is 0.562. The van der Waals surface area contributed by atoms with E-state index in [4.69, 9.17) is 4.74 Å². The molecule has 1 aliphatic heterocycles. The molecule has 1 aromatic rings. The molecule has 1 heterocycles. The number of hydrogen-bond donors (Lipinski definition) is 1. The van der Waals surface area contributed by atoms with Crippen LogP contribution in [0.4, 0.5) is 4.39 Å². The monoisotopic (exact) mass is 294 g/mol. The second kappa shape index (κ2) is 6.89. The number of piperidine rings is 1. The minimum absolute atomic E-state index is 0.159. The molecule has 1 amide bonds. The Kier molecular flexibility index (Phi) is 5.17. The number of carbonyl (C=O) groups excluding carboxylic acids is 1. The van der Waals surface area contributed by atoms with Gasteiger partial charge in [-0.3, -0.25) is 4.79 Å². The van der Waals surface area contributed by atoms with E-state index in [1.54, 1.807) is 24.1 Å². The third kappa shape index (κ3) is 4.17. The Morgan fingerprint density at radius 1 is 1.43 bits per heavy atom. The fourth-order valence-electron chi connectivity index (χ4n) is 2.61. The minimum atomic E-state index is -0.320. The Balaban J connectivity index is 1.81. The van der Waals surface area contributed by atoms with Gasteiger partial charge in [0.25, 0.3) is 0 Å². The maximum absolute atomic E-state index is 13.0. The Bertz CT molecular complexity index is 487. The average molecular weight is 294 g/mol. The highest BCUT2D eigenvalue weighted by Gasteiger charge is 2.36. The van der Waals surface area contributed by atoms with Crippen LogP contribution in [0.2, 0.25) is 0 Å². The molecule has 116 valence electrons. The normalized spacial score (nSPS) is 17.3. The predicted octanol–water partition coefficient (Wildman–Crippen LogP) is 2.05. The first-order valence-corrected chi connectivity index (χ1v) is 7.36. The summed E-state index contributed by atoms with van der Waals surface area (Å²) in [5.41, 5.74) is -0.279. The summed E-state index contributed by atoms with van der Waals surface area (Å²) in [6, 6.07) is 6.03. The van der Waals surface area contributed by atoms with Gasteiger partial charge in [0.05, 0.1) is 6.54 Å². The highest BCUT2D eigenvalue weighted by atomic mass is 19.1. The van der Waals surface area contributed by atoms with E-state index in [9.17, 15) is 9.18 Å². The second-order valence-corrected chi connectivity index (χ2v) is 5.84. The zero-order chi connectivity index (χ0) is 15.3. The van der Waals surface area contributed by atoms with Gasteiger partial charge in [0.15, 0.2) is 0 Å². The topological polar surface area (TPSA) is 41.6 Å². The van der Waals surface area contributed by atoms with Crippen molar-refractivity contribution in [2.24, 2.45) is 5.41 Å². The number of benzene rings is 1. The smallest absolute Gasteiger partial charge is 0.228 e. The number of hydrogen-bond acceptors (Lipinski definition) is 3. The maximum Gasteiger partial charge on any atom is 0.228 e. The SMILES string of the molecule is CN(CCOc1cccc(F)c1)C(=O)C1(C)CCNCC1. The molecule has 4 nitrogen and oxygen atoms in total. The molecular formula is C16H23FN2O2. The largest absolute Gasteiger partial charge is 0.492 e. The highest BCUT2D eigenvalue weighted by molar-refractivity contribution is 5.82. The van der Waals surface area contributed by atoms with Crippen molar-refractivity contribution in [2.75, 3.05) is 33.3 Å². The molecule has 2 rings (SSSR count). The lowest BCUT2D eigenvalue weighted by molar-refractivity contribution is -0.141. The number of amides is 1. The van der Waals surface area contributed by atoms with Crippen molar-refractivity contribution in [1.82, 2.24) is 10.2 Å². The number of nitrogens with one attached hydrogen (secondary N) is 1. The number of ether oxygens (including phenoxy) is 1. The van der Waals surface area contributed by atoms with E-state index in [0.717, 1.165) is 25.9 Å². The molecule has 21 heavy (non-hydrogen) atoms. The van der Waals surface area contributed by atoms with E-state index in [2.05, 4.69) is 5.32 Å². The molecule has 5 heteroatoms. The quantitative estimate of drug-likeness (QED) is 0.904. The van der Waals surface area contributed by atoms with Crippen LogP contribution in [0.15, 0.2) is 24.3 Å². The van der Waals surface area contributed by atoms with Crippen LogP contribution >= 0.6 is 0 Å². The van der Waals surface area contributed by atoms with Crippen molar-refractivity contribution in [2.45, 2.75) is 19.8 Å². The second-order valence-electron chi connectivity index (χ2n) is 5.84. The van der Waals surface area contributed by atoms with Gasteiger partial charge in [0, 0.05) is 18.5 Å². The molecular weight excluding hydrogens is 271 g/mol. The third-order valence-corrected chi connectivity index (χ3v) is 4.06. The lowest BCUT2D eigenvalue weighted by Gasteiger charge is -2.35. The van der Waals surface area contributed by atoms with E-state index >= 15 is 0 Å². The Labute approximate surface area is 125 Å². The molecule has 0 aliphatic carbocycles. The van der Waals surface area contributed by atoms with E-state index in [1.807, 2.05) is 6.92 Å². The molecule has 1 fully saturated rings. The molecule has 0 radical (unpaired) electrons. The molecule has 0 aromatic heterocycles. The summed E-state index contributed by atoms with van der Waals surface area (Å²) in [4.78, 5) is 14.2. The van der Waals surface area contributed by atoms with Crippen molar-refractivity contribution < 1.29 is 13.9 Å². The van der Waals surface area contributed by atoms with Crippen molar-refractivity contribution in [3.05, 3.63) is 30.1 Å². The first kappa shape index (κ1) is 15.8. The van der Waals surface area contributed by atoms with E-state index < -0.39 is 0 Å². The summed E-state index contributed by atoms with van der Waals surface area (Å²) >= 11 is 0. The van der Waals surface area contributed by atoms with Crippen LogP contribution < -0.4 is 10.1 Å². The molecule has 0 unspecified atom stereocenters. The average Bonchev–Trinajstić information content (AvgIpc) is 2.47. The summed E-state index contributed by atoms with van der Waals surface area (Å²) in [5.74, 6) is 0.329. The number of carbonyl (C=O) groups is 1. The first-order valence-electron chi connectivity index (χ1n) is 7.36. The summed E-state index contributed by atoms with van der Waals surface area (Å²) < 4.78 is 18.5. The summed E-state index contributed by atoms with van der Waals surface area (Å²) in [6.45, 7) is 4.66. The van der Waals surface area contributed by atoms with Crippen LogP contribution in [-0.2, 0) is 4.79 Å². The van der Waals surface area contributed by atoms with Crippen LogP contribution in [0.5, 0.6) is 5.75 Å². The van der Waals surface area contributed by atoms with Gasteiger partial charge in [0.1, 0.15) is 18.2 Å². The van der Waals surface area contributed by atoms with Crippen LogP contribution in [0.1, 0.15) is 19.8 Å². The predicted molar refractivity (Wildman–Crippen MR) is 79.7 cm³/mol. The summed E-state index contributed by atoms with van der Waals surface area (Å²) in [7, 11) is 1.80. The van der Waals surface area contributed by atoms with Gasteiger partial charge < -0.3 is 15.0 Å². The van der Waals surface area contributed by atoms with Crippen molar-refractivity contribution in [1.29, 1.82) is 0 Å². The summed E-state index contributed by atoms with van der Waals surface area (Å²) in [6.07, 6.45) is 1.72. The molecule has 0 spiro atoms. The number of nitrogens with zero attached hydrogens (tertiary/aromatic N) is 1. The molecule has 0 saturated carbocycles. The van der Waals surface area contributed by atoms with Gasteiger partial charge in [-0.2, -0.15) is 0 Å². The zero-order valence-corrected chi connectivity index (χ0v) is 12.7. The Morgan fingerprint density at radius 2 is 2.14 bits per heavy atom. The van der Waals surface area contributed by atoms with Crippen molar-refractivity contribution in [3.63, 3.8) is 0 Å². The Hall–Kier alpha value is -1.62. The van der Waals surface area contributed by atoms with Gasteiger partial charge in [-0.25, -0.2) is 4.39 Å². The van der Waals surface area contributed by atoms with Crippen molar-refractivity contribution >= 4 is 5.91 Å². The highest BCUT2D eigenvalue weighted by Crippen LogP contribution is 2.29. The van der Waals surface area contributed by atoms with Crippen LogP contribution in [0, 0.1) is 11.2 Å². The van der Waals surface area contributed by atoms with Gasteiger partial charge in [-0.1, -0.05) is 13.0 Å². The van der Waals surface area contributed by atoms with Gasteiger partial charge in [0.2, 0.25) is 5.91 Å². The third-order valence-electron chi connectivity index (χ3n) is 4.06. The standard InChI is InChI=1S/C16H23FN2O2/c1-16(6-8-18-9-7-16)15(20)19(2)10-11-21-14-5-3-4-13(17)12-14/h3-5,12,18H,6-11H2,1-2H3. The number of rotatable bonds is 5. The van der Waals surface area contributed by atoms with Gasteiger partial charge >= 0.3 is 0 Å². The molecule has 0 atom stereocenters. The van der Waals surface area contributed by atoms with Crippen LogP contribution in [0.25, 0.3) is 0 Å². The molecule has 1 aliphatic rings. The van der Waals surface area contributed by atoms with Gasteiger partial charge in [-0.05, 0) is 38.1 Å². The maximum atomic E-state index is 13.0. The fourth-order valence-corrected chi connectivity index (χ4v) is 2.61. The van der Waals surface area contributed by atoms with E-state index in [0.29, 0.717) is 18.9 Å². The van der Waals surface area contributed by atoms with Gasteiger partial charge in [-0.15, -0.1) is 0 Å². The Morgan fingerprint density at radius 3 is 2.81 bits per heavy atom. The van der Waals surface area contributed by atoms with E-state index in [-0.39, 0.29) is 17.1 Å². The molecule has 1 N–H and O–H groups in total. The van der Waals surface area contributed by atoms with Crippen LogP contribution in [-0.4, -0.2) is 44.1 Å². The summed E-state index contributed by atoms with van der Waals surface area (Å²) in [5, 5.41) is 3.27. The zero-order valence-electron chi connectivity index (χ0n) is 12.7.